The molecule has 0 radical (unpaired) electrons. The van der Waals surface area contributed by atoms with Crippen LogP contribution in [-0.2, 0) is 29.9 Å². The van der Waals surface area contributed by atoms with Crippen LogP contribution in [0.5, 0.6) is 0 Å². The Hall–Kier alpha value is -4.81. The maximum absolute atomic E-state index is 13.7. The minimum Gasteiger partial charge on any atom is -0.392 e. The van der Waals surface area contributed by atoms with Gasteiger partial charge in [0.15, 0.2) is 15.7 Å². The van der Waals surface area contributed by atoms with E-state index in [4.69, 9.17) is 0 Å². The fraction of sp³-hybridized carbons (Fsp3) is 0.314. The normalized spacial score (nSPS) is 17.4. The summed E-state index contributed by atoms with van der Waals surface area (Å²) in [7, 11) is -1.49. The van der Waals surface area contributed by atoms with Crippen LogP contribution >= 0.6 is 0 Å². The van der Waals surface area contributed by atoms with Gasteiger partial charge in [0.2, 0.25) is 0 Å². The van der Waals surface area contributed by atoms with E-state index in [1.54, 1.807) is 42.4 Å². The highest BCUT2D eigenvalue weighted by Gasteiger charge is 2.31. The lowest BCUT2D eigenvalue weighted by molar-refractivity contribution is 0.0770. The number of nitrogens with one attached hydrogen (secondary N) is 1. The molecule has 3 aliphatic rings. The molecule has 2 aliphatic heterocycles. The SMILES string of the molecule is Cn1cc(-c2cccc(N3CCc4cc(C5CC5)ccc4C3=O)c2CO)nc(Nc2ccc(C(=O)N3CCS(=O)(=O)CC3)cc2)c1=O. The standard InChI is InChI=1S/C35H35N5O6S/c1-38-20-30(37-32(35(38)44)36-26-10-7-23(8-11-26)33(42)39-15-17-47(45,46)18-16-39)28-3-2-4-31(29(28)21-41)40-14-13-25-19-24(22-5-6-22)9-12-27(25)34(40)43/h2-4,7-12,19-20,22,41H,5-6,13-18,21H2,1H3,(H,36,37). The first-order chi connectivity index (χ1) is 22.6. The number of hydrogen-bond acceptors (Lipinski definition) is 8. The number of rotatable bonds is 7. The van der Waals surface area contributed by atoms with Gasteiger partial charge in [-0.15, -0.1) is 0 Å². The van der Waals surface area contributed by atoms with Crippen LogP contribution in [0, 0.1) is 0 Å². The Balaban J connectivity index is 1.14. The molecule has 0 bridgehead atoms. The molecular weight excluding hydrogens is 618 g/mol. The largest absolute Gasteiger partial charge is 0.392 e. The number of fused-ring (bicyclic) bond motifs is 1. The second-order valence-corrected chi connectivity index (χ2v) is 14.7. The number of amides is 2. The molecule has 12 heteroatoms. The Morgan fingerprint density at radius 3 is 2.43 bits per heavy atom. The number of aliphatic hydroxyl groups is 1. The summed E-state index contributed by atoms with van der Waals surface area (Å²) in [6.07, 6.45) is 4.71. The summed E-state index contributed by atoms with van der Waals surface area (Å²) >= 11 is 0. The van der Waals surface area contributed by atoms with Gasteiger partial charge in [-0.25, -0.2) is 13.4 Å². The molecule has 242 valence electrons. The molecule has 2 fully saturated rings. The van der Waals surface area contributed by atoms with E-state index in [0.717, 1.165) is 5.56 Å². The van der Waals surface area contributed by atoms with Gasteiger partial charge in [-0.2, -0.15) is 0 Å². The number of benzene rings is 3. The summed E-state index contributed by atoms with van der Waals surface area (Å²) in [5.41, 5.74) is 5.77. The Morgan fingerprint density at radius 1 is 0.979 bits per heavy atom. The molecule has 2 amide bonds. The number of aromatic nitrogens is 2. The van der Waals surface area contributed by atoms with E-state index in [1.807, 2.05) is 24.3 Å². The van der Waals surface area contributed by atoms with Crippen molar-refractivity contribution in [3.63, 3.8) is 0 Å². The highest BCUT2D eigenvalue weighted by atomic mass is 32.2. The summed E-state index contributed by atoms with van der Waals surface area (Å²) in [5, 5.41) is 13.6. The fourth-order valence-corrected chi connectivity index (χ4v) is 7.59. The molecule has 0 spiro atoms. The Labute approximate surface area is 272 Å². The molecule has 1 saturated heterocycles. The van der Waals surface area contributed by atoms with E-state index >= 15 is 0 Å². The molecule has 1 aliphatic carbocycles. The predicted molar refractivity (Wildman–Crippen MR) is 179 cm³/mol. The fourth-order valence-electron chi connectivity index (χ4n) is 6.39. The summed E-state index contributed by atoms with van der Waals surface area (Å²) in [6.45, 7) is 0.463. The van der Waals surface area contributed by atoms with Gasteiger partial charge >= 0.3 is 0 Å². The molecule has 11 nitrogen and oxygen atoms in total. The van der Waals surface area contributed by atoms with Crippen molar-refractivity contribution in [1.29, 1.82) is 0 Å². The first kappa shape index (κ1) is 30.8. The van der Waals surface area contributed by atoms with Crippen molar-refractivity contribution in [3.05, 3.63) is 105 Å². The highest BCUT2D eigenvalue weighted by molar-refractivity contribution is 7.91. The molecule has 2 N–H and O–H groups in total. The minimum absolute atomic E-state index is 0.0476. The van der Waals surface area contributed by atoms with Gasteiger partial charge in [0.25, 0.3) is 17.4 Å². The van der Waals surface area contributed by atoms with Gasteiger partial charge in [-0.1, -0.05) is 24.3 Å². The van der Waals surface area contributed by atoms with Crippen LogP contribution in [0.3, 0.4) is 0 Å². The van der Waals surface area contributed by atoms with Gasteiger partial charge in [0, 0.05) is 60.8 Å². The van der Waals surface area contributed by atoms with Crippen LogP contribution in [0.1, 0.15) is 56.2 Å². The van der Waals surface area contributed by atoms with Crippen molar-refractivity contribution in [3.8, 4) is 11.3 Å². The zero-order valence-electron chi connectivity index (χ0n) is 26.0. The maximum atomic E-state index is 13.7. The van der Waals surface area contributed by atoms with Gasteiger partial charge in [-0.05, 0) is 72.7 Å². The van der Waals surface area contributed by atoms with E-state index in [-0.39, 0.29) is 54.4 Å². The van der Waals surface area contributed by atoms with Gasteiger partial charge in [0.05, 0.1) is 29.5 Å². The summed E-state index contributed by atoms with van der Waals surface area (Å²) in [6, 6.07) is 18.2. The molecule has 1 aromatic heterocycles. The molecule has 1 saturated carbocycles. The van der Waals surface area contributed by atoms with Crippen LogP contribution < -0.4 is 15.8 Å². The van der Waals surface area contributed by atoms with E-state index in [2.05, 4.69) is 22.4 Å². The number of carbonyl (C=O) groups excluding carboxylic acids is 2. The maximum Gasteiger partial charge on any atom is 0.293 e. The summed E-state index contributed by atoms with van der Waals surface area (Å²) in [4.78, 5) is 47.6. The molecule has 3 heterocycles. The van der Waals surface area contributed by atoms with Gasteiger partial charge in [0.1, 0.15) is 0 Å². The van der Waals surface area contributed by atoms with Crippen LogP contribution in [0.4, 0.5) is 17.2 Å². The van der Waals surface area contributed by atoms with Crippen LogP contribution in [0.15, 0.2) is 71.7 Å². The highest BCUT2D eigenvalue weighted by Crippen LogP contribution is 2.41. The molecule has 4 aromatic rings. The molecule has 47 heavy (non-hydrogen) atoms. The topological polar surface area (TPSA) is 142 Å². The lowest BCUT2D eigenvalue weighted by atomic mass is 9.93. The molecule has 7 rings (SSSR count). The first-order valence-corrected chi connectivity index (χ1v) is 17.6. The number of carbonyl (C=O) groups is 2. The lowest BCUT2D eigenvalue weighted by Gasteiger charge is -2.31. The average molecular weight is 654 g/mol. The van der Waals surface area contributed by atoms with Crippen LogP contribution in [0.25, 0.3) is 11.3 Å². The van der Waals surface area contributed by atoms with Gasteiger partial charge < -0.3 is 24.8 Å². The second kappa shape index (κ2) is 12.1. The van der Waals surface area contributed by atoms with Crippen molar-refractivity contribution < 1.29 is 23.1 Å². The average Bonchev–Trinajstić information content (AvgIpc) is 3.92. The third-order valence-electron chi connectivity index (χ3n) is 9.23. The second-order valence-electron chi connectivity index (χ2n) is 12.4. The molecule has 3 aromatic carbocycles. The molecular formula is C35H35N5O6S. The number of aliphatic hydroxyl groups excluding tert-OH is 1. The molecule has 0 atom stereocenters. The third-order valence-corrected chi connectivity index (χ3v) is 10.8. The van der Waals surface area contributed by atoms with Crippen LogP contribution in [-0.4, -0.2) is 70.9 Å². The quantitative estimate of drug-likeness (QED) is 0.308. The number of sulfone groups is 1. The number of hydrogen-bond donors (Lipinski definition) is 2. The third kappa shape index (κ3) is 6.06. The summed E-state index contributed by atoms with van der Waals surface area (Å²) in [5.74, 6) is 0.204. The Kier molecular flexibility index (Phi) is 7.93. The number of nitrogens with zero attached hydrogens (tertiary/aromatic N) is 4. The monoisotopic (exact) mass is 653 g/mol. The zero-order chi connectivity index (χ0) is 32.9. The Bertz CT molecular complexity index is 2060. The van der Waals surface area contributed by atoms with Crippen molar-refractivity contribution in [2.45, 2.75) is 31.8 Å². The summed E-state index contributed by atoms with van der Waals surface area (Å²) < 4.78 is 24.9. The predicted octanol–water partition coefficient (Wildman–Crippen LogP) is 3.63. The number of aryl methyl sites for hydroxylation is 1. The molecule has 0 unspecified atom stereocenters. The number of anilines is 3. The minimum atomic E-state index is -3.11. The van der Waals surface area contributed by atoms with E-state index in [0.29, 0.717) is 58.2 Å². The van der Waals surface area contributed by atoms with E-state index < -0.39 is 9.84 Å². The first-order valence-electron chi connectivity index (χ1n) is 15.7. The smallest absolute Gasteiger partial charge is 0.293 e. The zero-order valence-corrected chi connectivity index (χ0v) is 26.8. The van der Waals surface area contributed by atoms with E-state index in [1.165, 1.54) is 27.9 Å². The van der Waals surface area contributed by atoms with Crippen molar-refractivity contribution >= 4 is 38.8 Å². The van der Waals surface area contributed by atoms with Crippen molar-refractivity contribution in [1.82, 2.24) is 14.5 Å². The Morgan fingerprint density at radius 2 is 1.72 bits per heavy atom. The van der Waals surface area contributed by atoms with Crippen molar-refractivity contribution in [2.24, 2.45) is 7.05 Å². The van der Waals surface area contributed by atoms with Crippen molar-refractivity contribution in [2.75, 3.05) is 41.4 Å². The van der Waals surface area contributed by atoms with E-state index in [9.17, 15) is 27.9 Å². The van der Waals surface area contributed by atoms with Crippen LogP contribution in [0.2, 0.25) is 0 Å². The lowest BCUT2D eigenvalue weighted by Crippen LogP contribution is -2.43. The van der Waals surface area contributed by atoms with Gasteiger partial charge in [-0.3, -0.25) is 14.4 Å².